The summed E-state index contributed by atoms with van der Waals surface area (Å²) < 4.78 is 5.05. The second kappa shape index (κ2) is 7.20. The molecule has 3 aromatic rings. The summed E-state index contributed by atoms with van der Waals surface area (Å²) in [6.07, 6.45) is 0. The molecule has 0 saturated carbocycles. The summed E-state index contributed by atoms with van der Waals surface area (Å²) in [5, 5.41) is 10.1. The van der Waals surface area contributed by atoms with Gasteiger partial charge in [-0.2, -0.15) is 0 Å². The molecule has 0 spiro atoms. The van der Waals surface area contributed by atoms with E-state index in [9.17, 15) is 9.90 Å². The number of nitrogens with two attached hydrogens (primary N) is 1. The van der Waals surface area contributed by atoms with Gasteiger partial charge in [0.15, 0.2) is 5.78 Å². The summed E-state index contributed by atoms with van der Waals surface area (Å²) in [6, 6.07) is 19.9. The first-order valence-corrected chi connectivity index (χ1v) is 7.93. The number of aromatic hydroxyl groups is 1. The highest BCUT2D eigenvalue weighted by atomic mass is 16.5. The zero-order chi connectivity index (χ0) is 17.8. The largest absolute Gasteiger partial charge is 0.507 e. The van der Waals surface area contributed by atoms with Crippen LogP contribution in [0.5, 0.6) is 11.5 Å². The number of benzene rings is 3. The normalized spacial score (nSPS) is 10.5. The molecule has 0 aliphatic heterocycles. The molecule has 25 heavy (non-hydrogen) atoms. The Labute approximate surface area is 146 Å². The minimum Gasteiger partial charge on any atom is -0.507 e. The SMILES string of the molecule is COc1ccc(C(=O)c2cccc(-c3cccc(CN)c3)c2)c(O)c1. The van der Waals surface area contributed by atoms with Crippen molar-refractivity contribution in [2.75, 3.05) is 7.11 Å². The molecule has 0 amide bonds. The smallest absolute Gasteiger partial charge is 0.196 e. The fourth-order valence-electron chi connectivity index (χ4n) is 2.70. The number of carbonyl (C=O) groups is 1. The molecule has 0 fully saturated rings. The molecule has 0 saturated heterocycles. The minimum atomic E-state index is -0.239. The fourth-order valence-corrected chi connectivity index (χ4v) is 2.70. The van der Waals surface area contributed by atoms with Gasteiger partial charge in [-0.25, -0.2) is 0 Å². The van der Waals surface area contributed by atoms with Crippen LogP contribution in [0.25, 0.3) is 11.1 Å². The predicted molar refractivity (Wildman–Crippen MR) is 97.9 cm³/mol. The molecule has 0 aliphatic carbocycles. The topological polar surface area (TPSA) is 72.5 Å². The average molecular weight is 333 g/mol. The number of phenols is 1. The summed E-state index contributed by atoms with van der Waals surface area (Å²) in [5.41, 5.74) is 9.41. The number of ether oxygens (including phenoxy) is 1. The summed E-state index contributed by atoms with van der Waals surface area (Å²) in [4.78, 5) is 12.8. The number of phenolic OH excluding ortho intramolecular Hbond substituents is 1. The van der Waals surface area contributed by atoms with Gasteiger partial charge in [-0.1, -0.05) is 36.4 Å². The summed E-state index contributed by atoms with van der Waals surface area (Å²) in [6.45, 7) is 0.464. The standard InChI is InChI=1S/C21H19NO3/c1-25-18-8-9-19(20(23)12-18)21(24)17-7-3-6-16(11-17)15-5-2-4-14(10-15)13-22/h2-12,23H,13,22H2,1H3. The summed E-state index contributed by atoms with van der Waals surface area (Å²) in [5.74, 6) is 0.165. The first kappa shape index (κ1) is 16.7. The van der Waals surface area contributed by atoms with Crippen molar-refractivity contribution >= 4 is 5.78 Å². The molecular weight excluding hydrogens is 314 g/mol. The Hall–Kier alpha value is -3.11. The van der Waals surface area contributed by atoms with Crippen LogP contribution in [0, 0.1) is 0 Å². The third-order valence-corrected chi connectivity index (χ3v) is 4.07. The van der Waals surface area contributed by atoms with Crippen LogP contribution >= 0.6 is 0 Å². The number of ketones is 1. The Bertz CT molecular complexity index is 919. The number of hydrogen-bond acceptors (Lipinski definition) is 4. The first-order chi connectivity index (χ1) is 12.1. The Kier molecular flexibility index (Phi) is 4.82. The van der Waals surface area contributed by atoms with Gasteiger partial charge < -0.3 is 15.6 Å². The van der Waals surface area contributed by atoms with Crippen LogP contribution in [-0.2, 0) is 6.54 Å². The van der Waals surface area contributed by atoms with E-state index >= 15 is 0 Å². The van der Waals surface area contributed by atoms with Crippen LogP contribution in [-0.4, -0.2) is 18.0 Å². The second-order valence-corrected chi connectivity index (χ2v) is 5.70. The lowest BCUT2D eigenvalue weighted by Gasteiger charge is -2.09. The lowest BCUT2D eigenvalue weighted by atomic mass is 9.97. The minimum absolute atomic E-state index is 0.0973. The molecule has 4 nitrogen and oxygen atoms in total. The molecule has 4 heteroatoms. The van der Waals surface area contributed by atoms with Crippen LogP contribution in [0.2, 0.25) is 0 Å². The molecule has 126 valence electrons. The van der Waals surface area contributed by atoms with Gasteiger partial charge in [0.1, 0.15) is 11.5 Å². The van der Waals surface area contributed by atoms with E-state index in [0.717, 1.165) is 16.7 Å². The van der Waals surface area contributed by atoms with Gasteiger partial charge in [-0.3, -0.25) is 4.79 Å². The molecule has 0 aromatic heterocycles. The molecular formula is C21H19NO3. The van der Waals surface area contributed by atoms with Crippen molar-refractivity contribution in [3.63, 3.8) is 0 Å². The Morgan fingerprint density at radius 2 is 1.72 bits per heavy atom. The van der Waals surface area contributed by atoms with Gasteiger partial charge in [0.05, 0.1) is 12.7 Å². The zero-order valence-electron chi connectivity index (χ0n) is 13.9. The maximum atomic E-state index is 12.8. The van der Waals surface area contributed by atoms with Crippen molar-refractivity contribution in [1.29, 1.82) is 0 Å². The van der Waals surface area contributed by atoms with Gasteiger partial charge >= 0.3 is 0 Å². The van der Waals surface area contributed by atoms with Crippen LogP contribution < -0.4 is 10.5 Å². The van der Waals surface area contributed by atoms with Gasteiger partial charge in [0.2, 0.25) is 0 Å². The van der Waals surface area contributed by atoms with Gasteiger partial charge in [0, 0.05) is 18.2 Å². The third kappa shape index (κ3) is 3.54. The highest BCUT2D eigenvalue weighted by Gasteiger charge is 2.15. The van der Waals surface area contributed by atoms with E-state index in [1.54, 1.807) is 18.2 Å². The molecule has 3 rings (SSSR count). The Balaban J connectivity index is 1.97. The van der Waals surface area contributed by atoms with Gasteiger partial charge in [-0.05, 0) is 41.0 Å². The van der Waals surface area contributed by atoms with Crippen molar-refractivity contribution in [3.8, 4) is 22.6 Å². The Morgan fingerprint density at radius 1 is 1.00 bits per heavy atom. The van der Waals surface area contributed by atoms with E-state index in [-0.39, 0.29) is 17.1 Å². The van der Waals surface area contributed by atoms with Crippen LogP contribution in [0.1, 0.15) is 21.5 Å². The lowest BCUT2D eigenvalue weighted by molar-refractivity contribution is 0.103. The van der Waals surface area contributed by atoms with Crippen molar-refractivity contribution in [3.05, 3.63) is 83.4 Å². The predicted octanol–water partition coefficient (Wildman–Crippen LogP) is 3.76. The molecule has 0 bridgehead atoms. The van der Waals surface area contributed by atoms with E-state index in [2.05, 4.69) is 0 Å². The monoisotopic (exact) mass is 333 g/mol. The molecule has 0 heterocycles. The van der Waals surface area contributed by atoms with Crippen molar-refractivity contribution in [2.45, 2.75) is 6.54 Å². The van der Waals surface area contributed by atoms with Crippen molar-refractivity contribution in [2.24, 2.45) is 5.73 Å². The molecule has 0 unspecified atom stereocenters. The quantitative estimate of drug-likeness (QED) is 0.697. The number of rotatable bonds is 5. The number of hydrogen-bond donors (Lipinski definition) is 2. The maximum absolute atomic E-state index is 12.8. The van der Waals surface area contributed by atoms with E-state index in [0.29, 0.717) is 17.9 Å². The Morgan fingerprint density at radius 3 is 2.40 bits per heavy atom. The van der Waals surface area contributed by atoms with Crippen LogP contribution in [0.15, 0.2) is 66.7 Å². The van der Waals surface area contributed by atoms with E-state index in [4.69, 9.17) is 10.5 Å². The second-order valence-electron chi connectivity index (χ2n) is 5.70. The molecule has 3 N–H and O–H groups in total. The summed E-state index contributed by atoms with van der Waals surface area (Å²) >= 11 is 0. The van der Waals surface area contributed by atoms with Crippen molar-refractivity contribution < 1.29 is 14.6 Å². The zero-order valence-corrected chi connectivity index (χ0v) is 13.9. The van der Waals surface area contributed by atoms with E-state index < -0.39 is 0 Å². The van der Waals surface area contributed by atoms with Crippen LogP contribution in [0.4, 0.5) is 0 Å². The van der Waals surface area contributed by atoms with Gasteiger partial charge in [-0.15, -0.1) is 0 Å². The lowest BCUT2D eigenvalue weighted by Crippen LogP contribution is -2.02. The maximum Gasteiger partial charge on any atom is 0.196 e. The van der Waals surface area contributed by atoms with E-state index in [1.807, 2.05) is 42.5 Å². The number of carbonyl (C=O) groups excluding carboxylic acids is 1. The van der Waals surface area contributed by atoms with Crippen LogP contribution in [0.3, 0.4) is 0 Å². The fraction of sp³-hybridized carbons (Fsp3) is 0.0952. The average Bonchev–Trinajstić information content (AvgIpc) is 2.67. The van der Waals surface area contributed by atoms with E-state index in [1.165, 1.54) is 13.2 Å². The first-order valence-electron chi connectivity index (χ1n) is 7.93. The highest BCUT2D eigenvalue weighted by Crippen LogP contribution is 2.27. The summed E-state index contributed by atoms with van der Waals surface area (Å²) in [7, 11) is 1.51. The molecule has 3 aromatic carbocycles. The van der Waals surface area contributed by atoms with Gasteiger partial charge in [0.25, 0.3) is 0 Å². The number of methoxy groups -OCH3 is 1. The molecule has 0 radical (unpaired) electrons. The molecule has 0 atom stereocenters. The third-order valence-electron chi connectivity index (χ3n) is 4.07. The highest BCUT2D eigenvalue weighted by molar-refractivity contribution is 6.11. The van der Waals surface area contributed by atoms with Crippen molar-refractivity contribution in [1.82, 2.24) is 0 Å². The molecule has 0 aliphatic rings.